The predicted octanol–water partition coefficient (Wildman–Crippen LogP) is 0.988. The van der Waals surface area contributed by atoms with E-state index in [1.54, 1.807) is 4.80 Å². The third-order valence-corrected chi connectivity index (χ3v) is 2.20. The molecule has 1 aromatic carbocycles. The number of hydrogen-bond donors (Lipinski definition) is 1. The van der Waals surface area contributed by atoms with Crippen LogP contribution in [0.5, 0.6) is 0 Å². The summed E-state index contributed by atoms with van der Waals surface area (Å²) in [5.74, 6) is 0. The van der Waals surface area contributed by atoms with Crippen LogP contribution in [0.4, 0.5) is 0 Å². The molecule has 5 heteroatoms. The largest absolute Gasteiger partial charge is 0.296 e. The van der Waals surface area contributed by atoms with E-state index in [4.69, 9.17) is 11.6 Å². The normalized spacial score (nSPS) is 10.4. The van der Waals surface area contributed by atoms with Crippen LogP contribution in [-0.2, 0) is 13.0 Å². The van der Waals surface area contributed by atoms with Crippen molar-refractivity contribution in [2.45, 2.75) is 13.0 Å². The minimum atomic E-state index is 0.765. The van der Waals surface area contributed by atoms with Crippen molar-refractivity contribution >= 4 is 11.6 Å². The fraction of sp³-hybridized carbons (Fsp3) is 0.222. The molecule has 4 nitrogen and oxygen atoms in total. The summed E-state index contributed by atoms with van der Waals surface area (Å²) in [5, 5.41) is 11.2. The van der Waals surface area contributed by atoms with Crippen LogP contribution in [0.2, 0.25) is 5.02 Å². The van der Waals surface area contributed by atoms with Crippen LogP contribution in [0.1, 0.15) is 5.56 Å². The number of benzene rings is 1. The Balaban J connectivity index is 1.95. The third kappa shape index (κ3) is 2.29. The highest BCUT2D eigenvalue weighted by atomic mass is 35.5. The molecular formula is C9H10ClN4+. The average Bonchev–Trinajstić information content (AvgIpc) is 2.70. The molecule has 0 aliphatic carbocycles. The molecule has 14 heavy (non-hydrogen) atoms. The minimum absolute atomic E-state index is 0.765. The monoisotopic (exact) mass is 209 g/mol. The van der Waals surface area contributed by atoms with E-state index in [-0.39, 0.29) is 0 Å². The Bertz CT molecular complexity index is 382. The summed E-state index contributed by atoms with van der Waals surface area (Å²) in [7, 11) is 0. The molecule has 2 rings (SSSR count). The van der Waals surface area contributed by atoms with Crippen molar-refractivity contribution in [1.29, 1.82) is 0 Å². The Morgan fingerprint density at radius 1 is 1.29 bits per heavy atom. The fourth-order valence-corrected chi connectivity index (χ4v) is 1.33. The SMILES string of the molecule is Clc1ccc(CC[n+]2ncn[nH]2)cc1. The molecule has 0 aliphatic heterocycles. The highest BCUT2D eigenvalue weighted by molar-refractivity contribution is 6.30. The number of rotatable bonds is 3. The van der Waals surface area contributed by atoms with Crippen LogP contribution in [-0.4, -0.2) is 15.4 Å². The smallest absolute Gasteiger partial charge is 0.0843 e. The van der Waals surface area contributed by atoms with Gasteiger partial charge in [-0.1, -0.05) is 28.5 Å². The molecular weight excluding hydrogens is 200 g/mol. The van der Waals surface area contributed by atoms with Crippen molar-refractivity contribution in [1.82, 2.24) is 15.4 Å². The average molecular weight is 210 g/mol. The second-order valence-electron chi connectivity index (χ2n) is 2.96. The van der Waals surface area contributed by atoms with Gasteiger partial charge in [-0.3, -0.25) is 0 Å². The Morgan fingerprint density at radius 3 is 2.71 bits per heavy atom. The summed E-state index contributed by atoms with van der Waals surface area (Å²) in [6, 6.07) is 7.81. The van der Waals surface area contributed by atoms with Crippen molar-refractivity contribution < 1.29 is 4.80 Å². The number of H-pyrrole nitrogens is 1. The molecule has 0 radical (unpaired) electrons. The standard InChI is InChI=1S/C9H9ClN4/c10-9-3-1-8(2-4-9)5-6-14-12-7-11-13-14/h1-4,7H,5-6H2/p+1. The highest BCUT2D eigenvalue weighted by Gasteiger charge is 2.00. The second-order valence-corrected chi connectivity index (χ2v) is 3.40. The van der Waals surface area contributed by atoms with Crippen LogP contribution >= 0.6 is 11.6 Å². The minimum Gasteiger partial charge on any atom is -0.0843 e. The predicted molar refractivity (Wildman–Crippen MR) is 51.7 cm³/mol. The summed E-state index contributed by atoms with van der Waals surface area (Å²) < 4.78 is 0. The number of aromatic nitrogens is 4. The van der Waals surface area contributed by atoms with Crippen LogP contribution in [0.15, 0.2) is 30.6 Å². The van der Waals surface area contributed by atoms with Crippen LogP contribution < -0.4 is 4.80 Å². The number of halogens is 1. The van der Waals surface area contributed by atoms with E-state index < -0.39 is 0 Å². The number of nitrogens with zero attached hydrogens (tertiary/aromatic N) is 3. The van der Waals surface area contributed by atoms with Gasteiger partial charge >= 0.3 is 0 Å². The van der Waals surface area contributed by atoms with E-state index in [9.17, 15) is 0 Å². The van der Waals surface area contributed by atoms with E-state index in [2.05, 4.69) is 15.4 Å². The summed E-state index contributed by atoms with van der Waals surface area (Å²) in [4.78, 5) is 1.69. The van der Waals surface area contributed by atoms with Crippen molar-refractivity contribution in [3.05, 3.63) is 41.2 Å². The maximum Gasteiger partial charge on any atom is 0.296 e. The Kier molecular flexibility index (Phi) is 2.74. The van der Waals surface area contributed by atoms with Crippen molar-refractivity contribution in [3.8, 4) is 0 Å². The quantitative estimate of drug-likeness (QED) is 0.767. The van der Waals surface area contributed by atoms with Crippen molar-refractivity contribution in [2.24, 2.45) is 0 Å². The summed E-state index contributed by atoms with van der Waals surface area (Å²) in [6.07, 6.45) is 2.40. The number of aryl methyl sites for hydroxylation is 2. The zero-order chi connectivity index (χ0) is 9.80. The fourth-order valence-electron chi connectivity index (χ4n) is 1.20. The molecule has 0 fully saturated rings. The Morgan fingerprint density at radius 2 is 2.07 bits per heavy atom. The molecule has 0 aliphatic rings. The number of aromatic amines is 1. The molecule has 0 atom stereocenters. The van der Waals surface area contributed by atoms with E-state index in [0.717, 1.165) is 18.0 Å². The second kappa shape index (κ2) is 4.19. The summed E-state index contributed by atoms with van der Waals surface area (Å²) >= 11 is 5.78. The van der Waals surface area contributed by atoms with Gasteiger partial charge in [0.05, 0.1) is 5.10 Å². The van der Waals surface area contributed by atoms with Gasteiger partial charge in [0.25, 0.3) is 6.33 Å². The van der Waals surface area contributed by atoms with E-state index >= 15 is 0 Å². The van der Waals surface area contributed by atoms with Crippen LogP contribution in [0.25, 0.3) is 0 Å². The molecule has 0 bridgehead atoms. The molecule has 1 aromatic heterocycles. The zero-order valence-corrected chi connectivity index (χ0v) is 8.28. The lowest BCUT2D eigenvalue weighted by molar-refractivity contribution is -0.804. The molecule has 1 N–H and O–H groups in total. The molecule has 0 spiro atoms. The zero-order valence-electron chi connectivity index (χ0n) is 7.52. The van der Waals surface area contributed by atoms with Gasteiger partial charge in [0.2, 0.25) is 0 Å². The van der Waals surface area contributed by atoms with E-state index in [1.165, 1.54) is 11.9 Å². The van der Waals surface area contributed by atoms with E-state index in [0.29, 0.717) is 0 Å². The van der Waals surface area contributed by atoms with Crippen molar-refractivity contribution in [2.75, 3.05) is 0 Å². The van der Waals surface area contributed by atoms with Crippen LogP contribution in [0, 0.1) is 0 Å². The lowest BCUT2D eigenvalue weighted by Crippen LogP contribution is -2.39. The van der Waals surface area contributed by atoms with Gasteiger partial charge in [-0.15, -0.1) is 0 Å². The van der Waals surface area contributed by atoms with Gasteiger partial charge in [-0.2, -0.15) is 0 Å². The summed E-state index contributed by atoms with van der Waals surface area (Å²) in [6.45, 7) is 0.793. The molecule has 2 aromatic rings. The van der Waals surface area contributed by atoms with Crippen molar-refractivity contribution in [3.63, 3.8) is 0 Å². The first-order valence-electron chi connectivity index (χ1n) is 4.34. The summed E-state index contributed by atoms with van der Waals surface area (Å²) in [5.41, 5.74) is 1.23. The Hall–Kier alpha value is -1.42. The van der Waals surface area contributed by atoms with Gasteiger partial charge in [-0.05, 0) is 28.0 Å². The maximum atomic E-state index is 5.78. The molecule has 1 heterocycles. The first kappa shape index (κ1) is 9.15. The topological polar surface area (TPSA) is 45.5 Å². The van der Waals surface area contributed by atoms with E-state index in [1.807, 2.05) is 24.3 Å². The lowest BCUT2D eigenvalue weighted by atomic mass is 10.1. The molecule has 0 unspecified atom stereocenters. The third-order valence-electron chi connectivity index (χ3n) is 1.95. The number of hydrogen-bond acceptors (Lipinski definition) is 2. The molecule has 0 saturated heterocycles. The lowest BCUT2D eigenvalue weighted by Gasteiger charge is -1.97. The molecule has 0 amide bonds. The Labute approximate surface area is 86.5 Å². The van der Waals surface area contributed by atoms with Gasteiger partial charge in [0.1, 0.15) is 6.54 Å². The maximum absolute atomic E-state index is 5.78. The van der Waals surface area contributed by atoms with Crippen LogP contribution in [0.3, 0.4) is 0 Å². The first-order chi connectivity index (χ1) is 6.84. The first-order valence-corrected chi connectivity index (χ1v) is 4.72. The van der Waals surface area contributed by atoms with Gasteiger partial charge < -0.3 is 0 Å². The molecule has 72 valence electrons. The number of tetrazole rings is 1. The van der Waals surface area contributed by atoms with Gasteiger partial charge in [0, 0.05) is 11.4 Å². The van der Waals surface area contributed by atoms with Gasteiger partial charge in [0.15, 0.2) is 0 Å². The molecule has 0 saturated carbocycles. The highest BCUT2D eigenvalue weighted by Crippen LogP contribution is 2.09. The van der Waals surface area contributed by atoms with Gasteiger partial charge in [-0.25, -0.2) is 0 Å². The number of nitrogens with one attached hydrogen (secondary N) is 1.